The average molecular weight is 413 g/mol. The summed E-state index contributed by atoms with van der Waals surface area (Å²) in [5, 5.41) is 8.57. The van der Waals surface area contributed by atoms with Crippen molar-refractivity contribution in [3.63, 3.8) is 0 Å². The zero-order valence-electron chi connectivity index (χ0n) is 14.0. The summed E-state index contributed by atoms with van der Waals surface area (Å²) >= 11 is 3.41. The van der Waals surface area contributed by atoms with Crippen molar-refractivity contribution in [3.8, 4) is 5.82 Å². The van der Waals surface area contributed by atoms with E-state index in [-0.39, 0.29) is 5.91 Å². The SMILES string of the molecule is O=C(c1cccc(Br)c1)N1CCN(c2ccc(-n3ccnc3)nn2)CC1. The second-order valence-electron chi connectivity index (χ2n) is 6.01. The minimum Gasteiger partial charge on any atom is -0.352 e. The Morgan fingerprint density at radius 1 is 1.00 bits per heavy atom. The quantitative estimate of drug-likeness (QED) is 0.660. The Labute approximate surface area is 159 Å². The van der Waals surface area contributed by atoms with Gasteiger partial charge in [-0.1, -0.05) is 22.0 Å². The summed E-state index contributed by atoms with van der Waals surface area (Å²) in [6.07, 6.45) is 5.23. The van der Waals surface area contributed by atoms with Gasteiger partial charge in [0.05, 0.1) is 0 Å². The topological polar surface area (TPSA) is 67.2 Å². The largest absolute Gasteiger partial charge is 0.352 e. The predicted molar refractivity (Wildman–Crippen MR) is 101 cm³/mol. The zero-order valence-corrected chi connectivity index (χ0v) is 15.6. The van der Waals surface area contributed by atoms with Crippen LogP contribution in [0.2, 0.25) is 0 Å². The third-order valence-electron chi connectivity index (χ3n) is 4.37. The Morgan fingerprint density at radius 2 is 1.77 bits per heavy atom. The van der Waals surface area contributed by atoms with E-state index in [9.17, 15) is 4.79 Å². The van der Waals surface area contributed by atoms with E-state index >= 15 is 0 Å². The predicted octanol–water partition coefficient (Wildman–Crippen LogP) is 2.39. The molecule has 4 rings (SSSR count). The molecule has 0 saturated carbocycles. The summed E-state index contributed by atoms with van der Waals surface area (Å²) < 4.78 is 2.72. The molecule has 1 saturated heterocycles. The first-order valence-corrected chi connectivity index (χ1v) is 9.12. The van der Waals surface area contributed by atoms with Crippen molar-refractivity contribution in [3.05, 3.63) is 65.2 Å². The van der Waals surface area contributed by atoms with E-state index in [1.54, 1.807) is 12.5 Å². The molecule has 26 heavy (non-hydrogen) atoms. The number of carbonyl (C=O) groups is 1. The molecule has 0 radical (unpaired) electrons. The van der Waals surface area contributed by atoms with E-state index in [2.05, 4.69) is 36.0 Å². The maximum absolute atomic E-state index is 12.6. The van der Waals surface area contributed by atoms with Gasteiger partial charge in [0.2, 0.25) is 0 Å². The van der Waals surface area contributed by atoms with E-state index in [0.29, 0.717) is 18.7 Å². The van der Waals surface area contributed by atoms with Crippen molar-refractivity contribution in [2.24, 2.45) is 0 Å². The van der Waals surface area contributed by atoms with Gasteiger partial charge in [0.15, 0.2) is 11.6 Å². The van der Waals surface area contributed by atoms with Crippen molar-refractivity contribution in [2.75, 3.05) is 31.1 Å². The molecule has 0 N–H and O–H groups in total. The number of hydrogen-bond donors (Lipinski definition) is 0. The number of nitrogens with zero attached hydrogens (tertiary/aromatic N) is 6. The molecule has 0 spiro atoms. The molecule has 0 atom stereocenters. The minimum atomic E-state index is 0.0625. The first-order valence-electron chi connectivity index (χ1n) is 8.32. The fourth-order valence-electron chi connectivity index (χ4n) is 2.96. The smallest absolute Gasteiger partial charge is 0.254 e. The van der Waals surface area contributed by atoms with E-state index in [1.807, 2.05) is 52.1 Å². The molecule has 1 aromatic carbocycles. The van der Waals surface area contributed by atoms with E-state index in [1.165, 1.54) is 0 Å². The number of rotatable bonds is 3. The number of benzene rings is 1. The summed E-state index contributed by atoms with van der Waals surface area (Å²) in [5.74, 6) is 1.62. The maximum Gasteiger partial charge on any atom is 0.254 e. The molecule has 1 fully saturated rings. The number of aromatic nitrogens is 4. The summed E-state index contributed by atoms with van der Waals surface area (Å²) in [4.78, 5) is 20.7. The first kappa shape index (κ1) is 16.7. The van der Waals surface area contributed by atoms with Crippen molar-refractivity contribution >= 4 is 27.7 Å². The average Bonchev–Trinajstić information content (AvgIpc) is 3.23. The summed E-state index contributed by atoms with van der Waals surface area (Å²) in [6.45, 7) is 2.80. The molecule has 3 heterocycles. The zero-order chi connectivity index (χ0) is 17.9. The van der Waals surface area contributed by atoms with Crippen LogP contribution in [0.4, 0.5) is 5.82 Å². The third-order valence-corrected chi connectivity index (χ3v) is 4.86. The van der Waals surface area contributed by atoms with Crippen molar-refractivity contribution in [1.29, 1.82) is 0 Å². The third kappa shape index (κ3) is 3.45. The number of piperazine rings is 1. The molecule has 1 amide bonds. The van der Waals surface area contributed by atoms with Gasteiger partial charge in [-0.3, -0.25) is 9.36 Å². The van der Waals surface area contributed by atoms with Gasteiger partial charge in [-0.25, -0.2) is 4.98 Å². The monoisotopic (exact) mass is 412 g/mol. The second kappa shape index (κ2) is 7.25. The fourth-order valence-corrected chi connectivity index (χ4v) is 3.36. The van der Waals surface area contributed by atoms with Gasteiger partial charge in [-0.15, -0.1) is 10.2 Å². The normalized spacial score (nSPS) is 14.5. The number of hydrogen-bond acceptors (Lipinski definition) is 5. The number of amides is 1. The van der Waals surface area contributed by atoms with E-state index in [0.717, 1.165) is 29.2 Å². The van der Waals surface area contributed by atoms with Crippen LogP contribution in [0.3, 0.4) is 0 Å². The molecule has 2 aromatic heterocycles. The molecule has 7 nitrogen and oxygen atoms in total. The Kier molecular flexibility index (Phi) is 4.66. The number of anilines is 1. The summed E-state index contributed by atoms with van der Waals surface area (Å²) in [5.41, 5.74) is 0.706. The number of imidazole rings is 1. The summed E-state index contributed by atoms with van der Waals surface area (Å²) in [6, 6.07) is 11.4. The molecule has 0 unspecified atom stereocenters. The van der Waals surface area contributed by atoms with Crippen LogP contribution in [0.15, 0.2) is 59.6 Å². The molecule has 1 aliphatic rings. The second-order valence-corrected chi connectivity index (χ2v) is 6.92. The Bertz CT molecular complexity index is 888. The van der Waals surface area contributed by atoms with Gasteiger partial charge in [0, 0.05) is 48.6 Å². The van der Waals surface area contributed by atoms with Crippen LogP contribution < -0.4 is 4.90 Å². The number of halogens is 1. The molecule has 1 aliphatic heterocycles. The molecular weight excluding hydrogens is 396 g/mol. The van der Waals surface area contributed by atoms with Crippen LogP contribution in [0.25, 0.3) is 5.82 Å². The van der Waals surface area contributed by atoms with Crippen LogP contribution >= 0.6 is 15.9 Å². The standard InChI is InChI=1S/C18H17BrN6O/c19-15-3-1-2-14(12-15)18(26)24-10-8-23(9-11-24)16-4-5-17(22-21-16)25-7-6-20-13-25/h1-7,12-13H,8-11H2. The Morgan fingerprint density at radius 3 is 2.42 bits per heavy atom. The van der Waals surface area contributed by atoms with Gasteiger partial charge < -0.3 is 9.80 Å². The highest BCUT2D eigenvalue weighted by atomic mass is 79.9. The molecular formula is C18H17BrN6O. The minimum absolute atomic E-state index is 0.0625. The lowest BCUT2D eigenvalue weighted by molar-refractivity contribution is 0.0746. The van der Waals surface area contributed by atoms with E-state index < -0.39 is 0 Å². The van der Waals surface area contributed by atoms with Crippen LogP contribution in [0, 0.1) is 0 Å². The fraction of sp³-hybridized carbons (Fsp3) is 0.222. The van der Waals surface area contributed by atoms with Gasteiger partial charge >= 0.3 is 0 Å². The molecule has 0 bridgehead atoms. The van der Waals surface area contributed by atoms with Gasteiger partial charge in [-0.2, -0.15) is 0 Å². The lowest BCUT2D eigenvalue weighted by Crippen LogP contribution is -2.49. The highest BCUT2D eigenvalue weighted by Crippen LogP contribution is 2.17. The first-order chi connectivity index (χ1) is 12.7. The summed E-state index contributed by atoms with van der Waals surface area (Å²) in [7, 11) is 0. The molecule has 3 aromatic rings. The maximum atomic E-state index is 12.6. The van der Waals surface area contributed by atoms with Crippen LogP contribution in [-0.2, 0) is 0 Å². The van der Waals surface area contributed by atoms with Crippen LogP contribution in [0.1, 0.15) is 10.4 Å². The van der Waals surface area contributed by atoms with Gasteiger partial charge in [-0.05, 0) is 30.3 Å². The Balaban J connectivity index is 1.39. The lowest BCUT2D eigenvalue weighted by atomic mass is 10.2. The van der Waals surface area contributed by atoms with Crippen molar-refractivity contribution < 1.29 is 4.79 Å². The van der Waals surface area contributed by atoms with Gasteiger partial charge in [0.1, 0.15) is 6.33 Å². The highest BCUT2D eigenvalue weighted by Gasteiger charge is 2.23. The van der Waals surface area contributed by atoms with Gasteiger partial charge in [0.25, 0.3) is 5.91 Å². The van der Waals surface area contributed by atoms with Crippen LogP contribution in [-0.4, -0.2) is 56.7 Å². The van der Waals surface area contributed by atoms with Crippen molar-refractivity contribution in [2.45, 2.75) is 0 Å². The van der Waals surface area contributed by atoms with Crippen molar-refractivity contribution in [1.82, 2.24) is 24.6 Å². The molecule has 8 heteroatoms. The van der Waals surface area contributed by atoms with E-state index in [4.69, 9.17) is 0 Å². The molecule has 132 valence electrons. The Hall–Kier alpha value is -2.74. The number of carbonyl (C=O) groups excluding carboxylic acids is 1. The highest BCUT2D eigenvalue weighted by molar-refractivity contribution is 9.10. The molecule has 0 aliphatic carbocycles. The lowest BCUT2D eigenvalue weighted by Gasteiger charge is -2.35. The van der Waals surface area contributed by atoms with Crippen LogP contribution in [0.5, 0.6) is 0 Å².